The Kier molecular flexibility index (Phi) is 6.23. The number of rotatable bonds is 7. The van der Waals surface area contributed by atoms with Gasteiger partial charge in [0.15, 0.2) is 0 Å². The van der Waals surface area contributed by atoms with Crippen LogP contribution in [0.1, 0.15) is 19.4 Å². The van der Waals surface area contributed by atoms with Gasteiger partial charge in [0, 0.05) is 17.3 Å². The molecule has 10 nitrogen and oxygen atoms in total. The Morgan fingerprint density at radius 3 is 2.61 bits per heavy atom. The van der Waals surface area contributed by atoms with Gasteiger partial charge < -0.3 is 10.1 Å². The molecule has 0 saturated carbocycles. The molecule has 3 N–H and O–H groups in total. The number of fused-ring (bicyclic) bond motifs is 1. The van der Waals surface area contributed by atoms with Crippen LogP contribution in [0.2, 0.25) is 0 Å². The van der Waals surface area contributed by atoms with E-state index in [1.165, 1.54) is 45.2 Å². The summed E-state index contributed by atoms with van der Waals surface area (Å²) in [6.45, 7) is 3.04. The predicted octanol–water partition coefficient (Wildman–Crippen LogP) is 1.52. The van der Waals surface area contributed by atoms with Gasteiger partial charge in [0.25, 0.3) is 10.0 Å². The molecule has 1 atom stereocenters. The second-order valence-electron chi connectivity index (χ2n) is 6.67. The van der Waals surface area contributed by atoms with Crippen LogP contribution in [0, 0.1) is 0 Å². The van der Waals surface area contributed by atoms with E-state index in [1.54, 1.807) is 18.2 Å². The van der Waals surface area contributed by atoms with Gasteiger partial charge in [-0.05, 0) is 38.1 Å². The van der Waals surface area contributed by atoms with E-state index in [-0.39, 0.29) is 27.9 Å². The van der Waals surface area contributed by atoms with Crippen LogP contribution in [-0.2, 0) is 24.8 Å². The zero-order chi connectivity index (χ0) is 22.8. The molecular formula is C19H22N4O6S2. The lowest BCUT2D eigenvalue weighted by atomic mass is 10.2. The lowest BCUT2D eigenvalue weighted by Crippen LogP contribution is -2.28. The van der Waals surface area contributed by atoms with Gasteiger partial charge in [-0.2, -0.15) is 0 Å². The summed E-state index contributed by atoms with van der Waals surface area (Å²) in [6, 6.07) is 9.91. The predicted molar refractivity (Wildman–Crippen MR) is 117 cm³/mol. The second-order valence-corrected chi connectivity index (χ2v) is 10.3. The standard InChI is InChI=1S/C19H22N4O6S2/c1-4-30(25,26)22-15-10-9-13(11-16(15)29-3)21-19(24)12(2)20-18-14-7-5-6-8-17(14)31(27,28)23-18/h5-12,22H,4H2,1-3H3,(H,20,23)(H,21,24)/t12-/m0/s1. The third kappa shape index (κ3) is 4.97. The fraction of sp³-hybridized carbons (Fsp3) is 0.263. The molecule has 0 radical (unpaired) electrons. The molecular weight excluding hydrogens is 444 g/mol. The Balaban J connectivity index is 1.78. The minimum absolute atomic E-state index is 0.0974. The Morgan fingerprint density at radius 1 is 1.23 bits per heavy atom. The van der Waals surface area contributed by atoms with Gasteiger partial charge in [-0.3, -0.25) is 19.2 Å². The molecule has 0 fully saturated rings. The van der Waals surface area contributed by atoms with E-state index in [2.05, 4.69) is 19.8 Å². The maximum Gasteiger partial charge on any atom is 0.263 e. The number of nitrogens with zero attached hydrogens (tertiary/aromatic N) is 1. The minimum Gasteiger partial charge on any atom is -0.494 e. The zero-order valence-electron chi connectivity index (χ0n) is 17.0. The van der Waals surface area contributed by atoms with E-state index in [0.29, 0.717) is 11.3 Å². The minimum atomic E-state index is -3.70. The van der Waals surface area contributed by atoms with Crippen molar-refractivity contribution in [1.82, 2.24) is 4.72 Å². The molecule has 166 valence electrons. The van der Waals surface area contributed by atoms with Crippen LogP contribution in [0.3, 0.4) is 0 Å². The summed E-state index contributed by atoms with van der Waals surface area (Å²) in [6.07, 6.45) is 0. The maximum atomic E-state index is 12.6. The lowest BCUT2D eigenvalue weighted by molar-refractivity contribution is -0.117. The molecule has 0 aromatic heterocycles. The highest BCUT2D eigenvalue weighted by molar-refractivity contribution is 7.92. The SMILES string of the molecule is CCS(=O)(=O)Nc1ccc(NC(=O)[C@H](C)N=C2NS(=O)(=O)c3ccccc32)cc1OC. The summed E-state index contributed by atoms with van der Waals surface area (Å²) in [4.78, 5) is 16.9. The van der Waals surface area contributed by atoms with E-state index in [4.69, 9.17) is 4.74 Å². The average Bonchev–Trinajstić information content (AvgIpc) is 2.99. The third-order valence-electron chi connectivity index (χ3n) is 4.48. The quantitative estimate of drug-likeness (QED) is 0.565. The molecule has 2 aromatic carbocycles. The number of amides is 1. The molecule has 31 heavy (non-hydrogen) atoms. The summed E-state index contributed by atoms with van der Waals surface area (Å²) in [7, 11) is -5.82. The topological polar surface area (TPSA) is 143 Å². The molecule has 3 rings (SSSR count). The fourth-order valence-electron chi connectivity index (χ4n) is 2.82. The number of sulfonamides is 2. The van der Waals surface area contributed by atoms with Crippen molar-refractivity contribution in [3.05, 3.63) is 48.0 Å². The van der Waals surface area contributed by atoms with E-state index >= 15 is 0 Å². The van der Waals surface area contributed by atoms with Crippen molar-refractivity contribution in [3.63, 3.8) is 0 Å². The molecule has 0 bridgehead atoms. The smallest absolute Gasteiger partial charge is 0.263 e. The van der Waals surface area contributed by atoms with Crippen molar-refractivity contribution in [1.29, 1.82) is 0 Å². The molecule has 1 amide bonds. The monoisotopic (exact) mass is 466 g/mol. The fourth-order valence-corrected chi connectivity index (χ4v) is 4.71. The summed E-state index contributed by atoms with van der Waals surface area (Å²) in [5.41, 5.74) is 1.00. The van der Waals surface area contributed by atoms with Crippen LogP contribution in [0.5, 0.6) is 5.75 Å². The van der Waals surface area contributed by atoms with Crippen LogP contribution in [0.15, 0.2) is 52.4 Å². The number of benzene rings is 2. The molecule has 0 saturated heterocycles. The van der Waals surface area contributed by atoms with Crippen LogP contribution in [0.4, 0.5) is 11.4 Å². The Hall–Kier alpha value is -3.12. The number of ether oxygens (including phenoxy) is 1. The highest BCUT2D eigenvalue weighted by atomic mass is 32.2. The van der Waals surface area contributed by atoms with Gasteiger partial charge in [-0.25, -0.2) is 16.8 Å². The summed E-state index contributed by atoms with van der Waals surface area (Å²) in [5, 5.41) is 2.66. The maximum absolute atomic E-state index is 12.6. The number of amidine groups is 1. The molecule has 12 heteroatoms. The molecule has 0 unspecified atom stereocenters. The van der Waals surface area contributed by atoms with Crippen molar-refractivity contribution in [2.24, 2.45) is 4.99 Å². The second kappa shape index (κ2) is 8.55. The van der Waals surface area contributed by atoms with Crippen molar-refractivity contribution in [2.45, 2.75) is 24.8 Å². The summed E-state index contributed by atoms with van der Waals surface area (Å²) in [5.74, 6) is -0.259. The lowest BCUT2D eigenvalue weighted by Gasteiger charge is -2.14. The Labute approximate surface area is 180 Å². The normalized spacial score (nSPS) is 16.8. The molecule has 1 heterocycles. The Morgan fingerprint density at radius 2 is 1.94 bits per heavy atom. The number of hydrogen-bond donors (Lipinski definition) is 3. The van der Waals surface area contributed by atoms with E-state index in [1.807, 2.05) is 0 Å². The number of anilines is 2. The highest BCUT2D eigenvalue weighted by Crippen LogP contribution is 2.29. The molecule has 0 spiro atoms. The van der Waals surface area contributed by atoms with Gasteiger partial charge in [0.2, 0.25) is 15.9 Å². The average molecular weight is 467 g/mol. The first-order valence-corrected chi connectivity index (χ1v) is 12.4. The van der Waals surface area contributed by atoms with Gasteiger partial charge in [-0.1, -0.05) is 12.1 Å². The number of nitrogens with one attached hydrogen (secondary N) is 3. The van der Waals surface area contributed by atoms with Crippen LogP contribution in [0.25, 0.3) is 0 Å². The molecule has 1 aliphatic heterocycles. The van der Waals surface area contributed by atoms with E-state index in [9.17, 15) is 21.6 Å². The van der Waals surface area contributed by atoms with Crippen LogP contribution < -0.4 is 19.5 Å². The van der Waals surface area contributed by atoms with Crippen molar-refractivity contribution in [3.8, 4) is 5.75 Å². The number of aliphatic imine (C=N–C) groups is 1. The number of hydrogen-bond acceptors (Lipinski definition) is 7. The van der Waals surface area contributed by atoms with Crippen LogP contribution in [-0.4, -0.2) is 47.5 Å². The van der Waals surface area contributed by atoms with Crippen molar-refractivity contribution in [2.75, 3.05) is 22.9 Å². The Bertz CT molecular complexity index is 1260. The summed E-state index contributed by atoms with van der Waals surface area (Å²) < 4.78 is 57.9. The van der Waals surface area contributed by atoms with E-state index < -0.39 is 32.0 Å². The zero-order valence-corrected chi connectivity index (χ0v) is 18.7. The molecule has 0 aliphatic carbocycles. The van der Waals surface area contributed by atoms with E-state index in [0.717, 1.165) is 0 Å². The number of carbonyl (C=O) groups is 1. The van der Waals surface area contributed by atoms with Crippen molar-refractivity contribution >= 4 is 43.2 Å². The van der Waals surface area contributed by atoms with Gasteiger partial charge >= 0.3 is 0 Å². The first-order chi connectivity index (χ1) is 14.6. The summed E-state index contributed by atoms with van der Waals surface area (Å²) >= 11 is 0. The van der Waals surface area contributed by atoms with Gasteiger partial charge in [0.05, 0.1) is 23.4 Å². The molecule has 1 aliphatic rings. The molecule has 2 aromatic rings. The van der Waals surface area contributed by atoms with Crippen molar-refractivity contribution < 1.29 is 26.4 Å². The highest BCUT2D eigenvalue weighted by Gasteiger charge is 2.31. The van der Waals surface area contributed by atoms with Gasteiger partial charge in [-0.15, -0.1) is 0 Å². The third-order valence-corrected chi connectivity index (χ3v) is 7.17. The number of carbonyl (C=O) groups excluding carboxylic acids is 1. The first kappa shape index (κ1) is 22.6. The largest absolute Gasteiger partial charge is 0.494 e. The first-order valence-electron chi connectivity index (χ1n) is 9.25. The van der Waals surface area contributed by atoms with Gasteiger partial charge in [0.1, 0.15) is 17.6 Å². The van der Waals surface area contributed by atoms with Crippen LogP contribution >= 0.6 is 0 Å². The number of methoxy groups -OCH3 is 1.